The molecule has 1 aromatic heterocycles. The molecule has 0 aliphatic rings. The van der Waals surface area contributed by atoms with E-state index < -0.39 is 11.7 Å². The van der Waals surface area contributed by atoms with Crippen LogP contribution in [-0.2, 0) is 6.18 Å². The fourth-order valence-corrected chi connectivity index (χ4v) is 2.16. The van der Waals surface area contributed by atoms with Crippen molar-refractivity contribution in [2.45, 2.75) is 19.0 Å². The number of hydrogen-bond donors (Lipinski definition) is 1. The van der Waals surface area contributed by atoms with E-state index >= 15 is 0 Å². The first-order valence-corrected chi connectivity index (χ1v) is 5.64. The van der Waals surface area contributed by atoms with E-state index in [1.165, 1.54) is 6.07 Å². The number of aromatic nitrogens is 2. The molecule has 2 rings (SSSR count). The molecule has 0 saturated heterocycles. The van der Waals surface area contributed by atoms with Crippen molar-refractivity contribution in [3.05, 3.63) is 52.6 Å². The molecule has 0 bridgehead atoms. The number of rotatable bonds is 2. The average molecular weight is 275 g/mol. The van der Waals surface area contributed by atoms with Gasteiger partial charge in [-0.05, 0) is 11.6 Å². The summed E-state index contributed by atoms with van der Waals surface area (Å²) in [4.78, 5) is 6.90. The van der Waals surface area contributed by atoms with Crippen LogP contribution < -0.4 is 0 Å². The Morgan fingerprint density at radius 2 is 2.06 bits per heavy atom. The Bertz CT molecular complexity index is 535. The van der Waals surface area contributed by atoms with E-state index in [2.05, 4.69) is 9.97 Å². The highest BCUT2D eigenvalue weighted by Gasteiger charge is 2.34. The third-order valence-corrected chi connectivity index (χ3v) is 3.15. The lowest BCUT2D eigenvalue weighted by Crippen LogP contribution is -2.09. The summed E-state index contributed by atoms with van der Waals surface area (Å²) in [5.41, 5.74) is -0.415. The van der Waals surface area contributed by atoms with Crippen molar-refractivity contribution in [3.8, 4) is 0 Å². The molecular weight excluding hydrogens is 265 g/mol. The summed E-state index contributed by atoms with van der Waals surface area (Å²) >= 11 is 5.84. The van der Waals surface area contributed by atoms with Crippen molar-refractivity contribution < 1.29 is 13.2 Å². The summed E-state index contributed by atoms with van der Waals surface area (Å²) in [7, 11) is 0. The summed E-state index contributed by atoms with van der Waals surface area (Å²) < 4.78 is 38.2. The molecule has 0 radical (unpaired) electrons. The second-order valence-electron chi connectivity index (χ2n) is 3.90. The monoisotopic (exact) mass is 274 g/mol. The fraction of sp³-hybridized carbons (Fsp3) is 0.250. The molecule has 1 aromatic carbocycles. The Kier molecular flexibility index (Phi) is 3.34. The standard InChI is InChI=1S/C12H10ClF3N2/c1-7(11-17-5-6-18-11)8-3-2-4-9(10(8)13)12(14,15)16/h2-7H,1H3,(H,17,18). The van der Waals surface area contributed by atoms with Crippen LogP contribution in [0.2, 0.25) is 5.02 Å². The SMILES string of the molecule is CC(c1ncc[nH]1)c1cccc(C(F)(F)F)c1Cl. The number of imidazole rings is 1. The number of alkyl halides is 3. The minimum absolute atomic E-state index is 0.270. The van der Waals surface area contributed by atoms with Gasteiger partial charge in [-0.15, -0.1) is 0 Å². The zero-order valence-electron chi connectivity index (χ0n) is 9.42. The van der Waals surface area contributed by atoms with E-state index in [0.717, 1.165) is 6.07 Å². The number of aromatic amines is 1. The van der Waals surface area contributed by atoms with Gasteiger partial charge in [0.2, 0.25) is 0 Å². The van der Waals surface area contributed by atoms with Crippen molar-refractivity contribution in [1.82, 2.24) is 9.97 Å². The molecular formula is C12H10ClF3N2. The second-order valence-corrected chi connectivity index (χ2v) is 4.28. The first kappa shape index (κ1) is 13.0. The van der Waals surface area contributed by atoms with Crippen molar-refractivity contribution in [2.75, 3.05) is 0 Å². The zero-order chi connectivity index (χ0) is 13.3. The van der Waals surface area contributed by atoms with Crippen LogP contribution in [0.5, 0.6) is 0 Å². The van der Waals surface area contributed by atoms with Crippen molar-refractivity contribution in [1.29, 1.82) is 0 Å². The number of halogens is 4. The van der Waals surface area contributed by atoms with Gasteiger partial charge in [-0.1, -0.05) is 30.7 Å². The van der Waals surface area contributed by atoms with Crippen LogP contribution in [0.1, 0.15) is 29.8 Å². The molecule has 18 heavy (non-hydrogen) atoms. The topological polar surface area (TPSA) is 28.7 Å². The lowest BCUT2D eigenvalue weighted by atomic mass is 9.98. The molecule has 0 fully saturated rings. The van der Waals surface area contributed by atoms with Crippen LogP contribution in [-0.4, -0.2) is 9.97 Å². The van der Waals surface area contributed by atoms with E-state index in [1.54, 1.807) is 25.4 Å². The van der Waals surface area contributed by atoms with Gasteiger partial charge in [-0.2, -0.15) is 13.2 Å². The molecule has 1 N–H and O–H groups in total. The van der Waals surface area contributed by atoms with Crippen LogP contribution in [0.4, 0.5) is 13.2 Å². The second kappa shape index (κ2) is 4.65. The first-order valence-electron chi connectivity index (χ1n) is 5.26. The first-order chi connectivity index (χ1) is 8.41. The molecule has 1 unspecified atom stereocenters. The zero-order valence-corrected chi connectivity index (χ0v) is 10.2. The Morgan fingerprint density at radius 1 is 1.33 bits per heavy atom. The van der Waals surface area contributed by atoms with Crippen LogP contribution in [0.25, 0.3) is 0 Å². The quantitative estimate of drug-likeness (QED) is 0.872. The Hall–Kier alpha value is -1.49. The molecule has 2 aromatic rings. The van der Waals surface area contributed by atoms with Crippen molar-refractivity contribution in [3.63, 3.8) is 0 Å². The highest BCUT2D eigenvalue weighted by Crippen LogP contribution is 2.39. The van der Waals surface area contributed by atoms with Gasteiger partial charge in [-0.3, -0.25) is 0 Å². The summed E-state index contributed by atoms with van der Waals surface area (Å²) in [6, 6.07) is 3.90. The Morgan fingerprint density at radius 3 is 2.61 bits per heavy atom. The lowest BCUT2D eigenvalue weighted by Gasteiger charge is -2.15. The minimum Gasteiger partial charge on any atom is -0.348 e. The normalized spacial score (nSPS) is 13.6. The summed E-state index contributed by atoms with van der Waals surface area (Å²) in [5.74, 6) is 0.256. The molecule has 6 heteroatoms. The summed E-state index contributed by atoms with van der Waals surface area (Å²) in [5, 5.41) is -0.270. The maximum atomic E-state index is 12.7. The number of benzene rings is 1. The molecule has 0 saturated carbocycles. The van der Waals surface area contributed by atoms with E-state index in [9.17, 15) is 13.2 Å². The molecule has 96 valence electrons. The van der Waals surface area contributed by atoms with E-state index in [-0.39, 0.29) is 10.9 Å². The van der Waals surface area contributed by atoms with E-state index in [0.29, 0.717) is 11.4 Å². The van der Waals surface area contributed by atoms with Crippen LogP contribution in [0.3, 0.4) is 0 Å². The van der Waals surface area contributed by atoms with Gasteiger partial charge in [0.15, 0.2) is 0 Å². The maximum Gasteiger partial charge on any atom is 0.417 e. The fourth-order valence-electron chi connectivity index (χ4n) is 1.76. The molecule has 2 nitrogen and oxygen atoms in total. The number of hydrogen-bond acceptors (Lipinski definition) is 1. The maximum absolute atomic E-state index is 12.7. The van der Waals surface area contributed by atoms with Gasteiger partial charge in [-0.25, -0.2) is 4.98 Å². The van der Waals surface area contributed by atoms with Crippen LogP contribution >= 0.6 is 11.6 Å². The van der Waals surface area contributed by atoms with Gasteiger partial charge < -0.3 is 4.98 Å². The number of nitrogens with zero attached hydrogens (tertiary/aromatic N) is 1. The van der Waals surface area contributed by atoms with Crippen molar-refractivity contribution >= 4 is 11.6 Å². The molecule has 0 amide bonds. The average Bonchev–Trinajstić information content (AvgIpc) is 2.80. The number of nitrogens with one attached hydrogen (secondary N) is 1. The Balaban J connectivity index is 2.47. The van der Waals surface area contributed by atoms with Gasteiger partial charge in [0.05, 0.1) is 10.6 Å². The van der Waals surface area contributed by atoms with Gasteiger partial charge in [0.25, 0.3) is 0 Å². The third kappa shape index (κ3) is 2.36. The molecule has 1 atom stereocenters. The predicted molar refractivity (Wildman–Crippen MR) is 62.6 cm³/mol. The molecule has 0 aliphatic carbocycles. The van der Waals surface area contributed by atoms with Crippen molar-refractivity contribution in [2.24, 2.45) is 0 Å². The smallest absolute Gasteiger partial charge is 0.348 e. The van der Waals surface area contributed by atoms with Crippen LogP contribution in [0, 0.1) is 0 Å². The molecule has 0 aliphatic heterocycles. The predicted octanol–water partition coefficient (Wildman–Crippen LogP) is 4.23. The summed E-state index contributed by atoms with van der Waals surface area (Å²) in [6.45, 7) is 1.75. The van der Waals surface area contributed by atoms with Crippen LogP contribution in [0.15, 0.2) is 30.6 Å². The van der Waals surface area contributed by atoms with Gasteiger partial charge in [0.1, 0.15) is 5.82 Å². The van der Waals surface area contributed by atoms with Gasteiger partial charge in [0, 0.05) is 18.3 Å². The summed E-state index contributed by atoms with van der Waals surface area (Å²) in [6.07, 6.45) is -1.28. The third-order valence-electron chi connectivity index (χ3n) is 2.73. The molecule has 1 heterocycles. The largest absolute Gasteiger partial charge is 0.417 e. The lowest BCUT2D eigenvalue weighted by molar-refractivity contribution is -0.137. The number of H-pyrrole nitrogens is 1. The highest BCUT2D eigenvalue weighted by molar-refractivity contribution is 6.32. The van der Waals surface area contributed by atoms with E-state index in [1.807, 2.05) is 0 Å². The minimum atomic E-state index is -4.45. The van der Waals surface area contributed by atoms with E-state index in [4.69, 9.17) is 11.6 Å². The Labute approximate surface area is 107 Å². The van der Waals surface area contributed by atoms with Gasteiger partial charge >= 0.3 is 6.18 Å². The highest BCUT2D eigenvalue weighted by atomic mass is 35.5. The molecule has 0 spiro atoms.